The highest BCUT2D eigenvalue weighted by Gasteiger charge is 2.23. The van der Waals surface area contributed by atoms with Crippen LogP contribution in [-0.2, 0) is 0 Å². The largest absolute Gasteiger partial charge is 0.545 e. The third-order valence-electron chi connectivity index (χ3n) is 2.81. The normalized spacial score (nSPS) is 13.2. The Morgan fingerprint density at radius 2 is 1.94 bits per heavy atom. The lowest BCUT2D eigenvalue weighted by Crippen LogP contribution is -2.45. The van der Waals surface area contributed by atoms with Crippen molar-refractivity contribution in [1.82, 2.24) is 5.32 Å². The van der Waals surface area contributed by atoms with Gasteiger partial charge in [-0.3, -0.25) is 4.79 Å². The standard InChI is InChI=1S/C14H15NO3/c1-4-14(3,5-2)15-12(16)10-8-6-7-9-11(10)13(17)18/h1,6-9H,5H2,2-3H3,(H,15,16)(H,17,18)/p-1/t14-/m0/s1. The van der Waals surface area contributed by atoms with Crippen molar-refractivity contribution in [2.75, 3.05) is 0 Å². The van der Waals surface area contributed by atoms with Gasteiger partial charge in [-0.05, 0) is 19.4 Å². The van der Waals surface area contributed by atoms with E-state index < -0.39 is 17.4 Å². The Kier molecular flexibility index (Phi) is 4.11. The topological polar surface area (TPSA) is 69.2 Å². The molecule has 0 radical (unpaired) electrons. The van der Waals surface area contributed by atoms with Crippen LogP contribution in [0.3, 0.4) is 0 Å². The zero-order chi connectivity index (χ0) is 13.8. The zero-order valence-electron chi connectivity index (χ0n) is 10.3. The van der Waals surface area contributed by atoms with Crippen LogP contribution < -0.4 is 10.4 Å². The third kappa shape index (κ3) is 2.89. The Morgan fingerprint density at radius 3 is 2.39 bits per heavy atom. The lowest BCUT2D eigenvalue weighted by molar-refractivity contribution is -0.255. The maximum Gasteiger partial charge on any atom is 0.253 e. The number of carbonyl (C=O) groups excluding carboxylic acids is 2. The van der Waals surface area contributed by atoms with E-state index in [2.05, 4.69) is 11.2 Å². The van der Waals surface area contributed by atoms with E-state index in [-0.39, 0.29) is 11.1 Å². The second-order valence-electron chi connectivity index (χ2n) is 4.12. The number of amides is 1. The monoisotopic (exact) mass is 244 g/mol. The van der Waals surface area contributed by atoms with Gasteiger partial charge >= 0.3 is 0 Å². The van der Waals surface area contributed by atoms with Gasteiger partial charge in [0.2, 0.25) is 0 Å². The molecule has 4 heteroatoms. The van der Waals surface area contributed by atoms with Crippen LogP contribution in [-0.4, -0.2) is 17.4 Å². The van der Waals surface area contributed by atoms with Gasteiger partial charge in [-0.1, -0.05) is 31.0 Å². The van der Waals surface area contributed by atoms with Gasteiger partial charge in [0, 0.05) is 11.1 Å². The number of hydrogen-bond donors (Lipinski definition) is 1. The molecule has 94 valence electrons. The number of carbonyl (C=O) groups is 2. The van der Waals surface area contributed by atoms with E-state index in [9.17, 15) is 14.7 Å². The molecule has 1 aromatic carbocycles. The fourth-order valence-corrected chi connectivity index (χ4v) is 1.40. The van der Waals surface area contributed by atoms with E-state index >= 15 is 0 Å². The summed E-state index contributed by atoms with van der Waals surface area (Å²) in [5.74, 6) is 0.577. The summed E-state index contributed by atoms with van der Waals surface area (Å²) < 4.78 is 0. The molecule has 0 bridgehead atoms. The summed E-state index contributed by atoms with van der Waals surface area (Å²) in [5, 5.41) is 13.5. The van der Waals surface area contributed by atoms with Gasteiger partial charge in [0.25, 0.3) is 5.91 Å². The first-order chi connectivity index (χ1) is 8.43. The van der Waals surface area contributed by atoms with Crippen molar-refractivity contribution >= 4 is 11.9 Å². The van der Waals surface area contributed by atoms with Gasteiger partial charge in [-0.15, -0.1) is 6.42 Å². The van der Waals surface area contributed by atoms with E-state index in [1.165, 1.54) is 18.2 Å². The van der Waals surface area contributed by atoms with Gasteiger partial charge in [-0.2, -0.15) is 0 Å². The minimum Gasteiger partial charge on any atom is -0.545 e. The van der Waals surface area contributed by atoms with Gasteiger partial charge in [-0.25, -0.2) is 0 Å². The molecule has 18 heavy (non-hydrogen) atoms. The van der Waals surface area contributed by atoms with E-state index in [0.29, 0.717) is 6.42 Å². The van der Waals surface area contributed by atoms with Gasteiger partial charge < -0.3 is 15.2 Å². The molecule has 0 fully saturated rings. The molecule has 0 spiro atoms. The van der Waals surface area contributed by atoms with E-state index in [0.717, 1.165) is 0 Å². The summed E-state index contributed by atoms with van der Waals surface area (Å²) in [6, 6.07) is 5.86. The van der Waals surface area contributed by atoms with Crippen LogP contribution in [0.5, 0.6) is 0 Å². The third-order valence-corrected chi connectivity index (χ3v) is 2.81. The summed E-state index contributed by atoms with van der Waals surface area (Å²) in [5.41, 5.74) is -0.895. The summed E-state index contributed by atoms with van der Waals surface area (Å²) >= 11 is 0. The fourth-order valence-electron chi connectivity index (χ4n) is 1.40. The van der Waals surface area contributed by atoms with Crippen LogP contribution in [0.15, 0.2) is 24.3 Å². The average Bonchev–Trinajstić information content (AvgIpc) is 2.38. The molecule has 1 aromatic rings. The maximum absolute atomic E-state index is 12.0. The molecule has 1 N–H and O–H groups in total. The van der Waals surface area contributed by atoms with Crippen LogP contribution in [0.1, 0.15) is 41.0 Å². The molecule has 1 amide bonds. The van der Waals surface area contributed by atoms with Crippen molar-refractivity contribution in [1.29, 1.82) is 0 Å². The zero-order valence-corrected chi connectivity index (χ0v) is 10.3. The van der Waals surface area contributed by atoms with Crippen molar-refractivity contribution in [3.05, 3.63) is 35.4 Å². The molecule has 0 aliphatic heterocycles. The molecule has 0 saturated carbocycles. The Balaban J connectivity index is 3.06. The summed E-state index contributed by atoms with van der Waals surface area (Å²) in [6.07, 6.45) is 5.89. The number of carboxylic acid groups (broad SMARTS) is 1. The van der Waals surface area contributed by atoms with Crippen LogP contribution in [0.25, 0.3) is 0 Å². The molecule has 0 saturated heterocycles. The lowest BCUT2D eigenvalue weighted by atomic mass is 9.98. The molecule has 4 nitrogen and oxygen atoms in total. The van der Waals surface area contributed by atoms with Gasteiger partial charge in [0.1, 0.15) is 0 Å². The number of benzene rings is 1. The molecule has 0 aliphatic carbocycles. The van der Waals surface area contributed by atoms with Crippen molar-refractivity contribution in [2.45, 2.75) is 25.8 Å². The Bertz CT molecular complexity index is 516. The van der Waals surface area contributed by atoms with Gasteiger partial charge in [0.15, 0.2) is 0 Å². The molecule has 0 heterocycles. The van der Waals surface area contributed by atoms with E-state index in [1.807, 2.05) is 6.92 Å². The fraction of sp³-hybridized carbons (Fsp3) is 0.286. The number of terminal acetylenes is 1. The molecular formula is C14H14NO3-. The molecule has 0 aliphatic rings. The number of hydrogen-bond acceptors (Lipinski definition) is 3. The smallest absolute Gasteiger partial charge is 0.253 e. The Labute approximate surface area is 106 Å². The summed E-state index contributed by atoms with van der Waals surface area (Å²) in [6.45, 7) is 3.54. The van der Waals surface area contributed by atoms with E-state index in [1.54, 1.807) is 13.0 Å². The highest BCUT2D eigenvalue weighted by Crippen LogP contribution is 2.12. The van der Waals surface area contributed by atoms with Crippen molar-refractivity contribution in [2.24, 2.45) is 0 Å². The Hall–Kier alpha value is -2.28. The van der Waals surface area contributed by atoms with Crippen molar-refractivity contribution < 1.29 is 14.7 Å². The first-order valence-corrected chi connectivity index (χ1v) is 5.54. The number of rotatable bonds is 4. The van der Waals surface area contributed by atoms with Crippen LogP contribution >= 0.6 is 0 Å². The first-order valence-electron chi connectivity index (χ1n) is 5.54. The second kappa shape index (κ2) is 5.37. The molecule has 0 aromatic heterocycles. The number of nitrogens with one attached hydrogen (secondary N) is 1. The predicted molar refractivity (Wildman–Crippen MR) is 65.8 cm³/mol. The summed E-state index contributed by atoms with van der Waals surface area (Å²) in [7, 11) is 0. The van der Waals surface area contributed by atoms with Crippen molar-refractivity contribution in [3.63, 3.8) is 0 Å². The highest BCUT2D eigenvalue weighted by molar-refractivity contribution is 6.04. The molecular weight excluding hydrogens is 230 g/mol. The van der Waals surface area contributed by atoms with Gasteiger partial charge in [0.05, 0.1) is 11.5 Å². The average molecular weight is 244 g/mol. The first kappa shape index (κ1) is 13.8. The minimum absolute atomic E-state index is 0.0485. The van der Waals surface area contributed by atoms with Crippen molar-refractivity contribution in [3.8, 4) is 12.3 Å². The highest BCUT2D eigenvalue weighted by atomic mass is 16.4. The number of carboxylic acids is 1. The minimum atomic E-state index is -1.39. The molecule has 1 rings (SSSR count). The molecule has 1 atom stereocenters. The van der Waals surface area contributed by atoms with Crippen LogP contribution in [0.2, 0.25) is 0 Å². The van der Waals surface area contributed by atoms with Crippen LogP contribution in [0.4, 0.5) is 0 Å². The lowest BCUT2D eigenvalue weighted by Gasteiger charge is -2.24. The second-order valence-corrected chi connectivity index (χ2v) is 4.12. The Morgan fingerprint density at radius 1 is 1.39 bits per heavy atom. The van der Waals surface area contributed by atoms with Crippen LogP contribution in [0, 0.1) is 12.3 Å². The summed E-state index contributed by atoms with van der Waals surface area (Å²) in [4.78, 5) is 22.9. The number of aromatic carboxylic acids is 1. The SMILES string of the molecule is C#C[C@@](C)(CC)NC(=O)c1ccccc1C(=O)[O-]. The predicted octanol–water partition coefficient (Wildman–Crippen LogP) is 0.582. The maximum atomic E-state index is 12.0. The quantitative estimate of drug-likeness (QED) is 0.788. The molecule has 0 unspecified atom stereocenters. The van der Waals surface area contributed by atoms with E-state index in [4.69, 9.17) is 6.42 Å².